The molecule has 0 spiro atoms. The lowest BCUT2D eigenvalue weighted by Gasteiger charge is -2.06. The Hall–Kier alpha value is -3.26. The number of nitrogens with zero attached hydrogens (tertiary/aromatic N) is 4. The van der Waals surface area contributed by atoms with Gasteiger partial charge in [0.1, 0.15) is 4.83 Å². The summed E-state index contributed by atoms with van der Waals surface area (Å²) in [4.78, 5) is 35.2. The van der Waals surface area contributed by atoms with Gasteiger partial charge in [-0.2, -0.15) is 0 Å². The standard InChI is InChI=1S/C21H21N5O2S/c1-15-17-20(24-14-26(21(17)28)12-16-6-3-2-4-7-16)29-18(15)19(27)23-8-5-10-25-11-9-22-13-25/h2-4,6-7,9,11,13-14H,5,8,10,12H2,1H3,(H,23,27). The number of imidazole rings is 1. The van der Waals surface area contributed by atoms with Crippen LogP contribution in [-0.2, 0) is 13.1 Å². The Morgan fingerprint density at radius 1 is 1.21 bits per heavy atom. The molecule has 3 aromatic heterocycles. The molecule has 1 N–H and O–H groups in total. The van der Waals surface area contributed by atoms with Gasteiger partial charge in [-0.25, -0.2) is 9.97 Å². The molecule has 1 aromatic carbocycles. The number of amides is 1. The number of rotatable bonds is 7. The van der Waals surface area contributed by atoms with E-state index in [0.29, 0.717) is 33.7 Å². The number of carbonyl (C=O) groups is 1. The van der Waals surface area contributed by atoms with Gasteiger partial charge in [-0.05, 0) is 24.5 Å². The molecular formula is C21H21N5O2S. The summed E-state index contributed by atoms with van der Waals surface area (Å²) < 4.78 is 3.56. The summed E-state index contributed by atoms with van der Waals surface area (Å²) in [5, 5.41) is 3.46. The third kappa shape index (κ3) is 4.12. The monoisotopic (exact) mass is 407 g/mol. The van der Waals surface area contributed by atoms with Gasteiger partial charge in [0.05, 0.1) is 29.5 Å². The molecule has 0 aliphatic heterocycles. The molecule has 1 amide bonds. The molecule has 0 saturated carbocycles. The predicted octanol–water partition coefficient (Wildman–Crippen LogP) is 2.83. The topological polar surface area (TPSA) is 81.8 Å². The maximum Gasteiger partial charge on any atom is 0.262 e. The Labute approximate surface area is 171 Å². The first-order valence-electron chi connectivity index (χ1n) is 9.40. The second-order valence-corrected chi connectivity index (χ2v) is 7.81. The van der Waals surface area contributed by atoms with Gasteiger partial charge >= 0.3 is 0 Å². The van der Waals surface area contributed by atoms with E-state index in [1.54, 1.807) is 23.4 Å². The van der Waals surface area contributed by atoms with E-state index >= 15 is 0 Å². The van der Waals surface area contributed by atoms with Crippen molar-refractivity contribution in [2.75, 3.05) is 6.54 Å². The van der Waals surface area contributed by atoms with E-state index in [1.165, 1.54) is 11.3 Å². The van der Waals surface area contributed by atoms with Gasteiger partial charge in [-0.15, -0.1) is 11.3 Å². The normalized spacial score (nSPS) is 11.1. The molecule has 0 aliphatic rings. The van der Waals surface area contributed by atoms with Crippen LogP contribution in [0.25, 0.3) is 10.2 Å². The lowest BCUT2D eigenvalue weighted by atomic mass is 10.2. The van der Waals surface area contributed by atoms with Crippen molar-refractivity contribution >= 4 is 27.5 Å². The summed E-state index contributed by atoms with van der Waals surface area (Å²) >= 11 is 1.27. The van der Waals surface area contributed by atoms with Crippen LogP contribution < -0.4 is 10.9 Å². The molecule has 148 valence electrons. The SMILES string of the molecule is Cc1c(C(=O)NCCCn2ccnc2)sc2ncn(Cc3ccccc3)c(=O)c12. The largest absolute Gasteiger partial charge is 0.351 e. The van der Waals surface area contributed by atoms with Gasteiger partial charge < -0.3 is 9.88 Å². The smallest absolute Gasteiger partial charge is 0.262 e. The van der Waals surface area contributed by atoms with Crippen molar-refractivity contribution in [2.24, 2.45) is 0 Å². The van der Waals surface area contributed by atoms with E-state index in [-0.39, 0.29) is 11.5 Å². The van der Waals surface area contributed by atoms with Crippen LogP contribution in [0.1, 0.15) is 27.2 Å². The fourth-order valence-electron chi connectivity index (χ4n) is 3.23. The fourth-order valence-corrected chi connectivity index (χ4v) is 4.29. The number of aromatic nitrogens is 4. The van der Waals surface area contributed by atoms with Crippen LogP contribution >= 0.6 is 11.3 Å². The molecule has 7 nitrogen and oxygen atoms in total. The van der Waals surface area contributed by atoms with Gasteiger partial charge in [-0.1, -0.05) is 30.3 Å². The van der Waals surface area contributed by atoms with E-state index in [2.05, 4.69) is 15.3 Å². The van der Waals surface area contributed by atoms with Crippen molar-refractivity contribution in [1.82, 2.24) is 24.4 Å². The van der Waals surface area contributed by atoms with Crippen LogP contribution in [0, 0.1) is 6.92 Å². The number of fused-ring (bicyclic) bond motifs is 1. The van der Waals surface area contributed by atoms with Crippen LogP contribution in [0.5, 0.6) is 0 Å². The van der Waals surface area contributed by atoms with E-state index < -0.39 is 0 Å². The molecule has 4 rings (SSSR count). The zero-order valence-corrected chi connectivity index (χ0v) is 16.9. The maximum atomic E-state index is 13.0. The summed E-state index contributed by atoms with van der Waals surface area (Å²) in [5.74, 6) is -0.162. The fraction of sp³-hybridized carbons (Fsp3) is 0.238. The predicted molar refractivity (Wildman–Crippen MR) is 113 cm³/mol. The van der Waals surface area contributed by atoms with E-state index in [0.717, 1.165) is 18.5 Å². The summed E-state index contributed by atoms with van der Waals surface area (Å²) in [7, 11) is 0. The molecule has 0 unspecified atom stereocenters. The Balaban J connectivity index is 1.50. The third-order valence-corrected chi connectivity index (χ3v) is 5.96. The van der Waals surface area contributed by atoms with Gasteiger partial charge in [0.25, 0.3) is 11.5 Å². The van der Waals surface area contributed by atoms with Gasteiger partial charge in [0.2, 0.25) is 0 Å². The number of thiophene rings is 1. The van der Waals surface area contributed by atoms with Crippen molar-refractivity contribution < 1.29 is 4.79 Å². The van der Waals surface area contributed by atoms with Crippen molar-refractivity contribution in [3.05, 3.63) is 81.7 Å². The average Bonchev–Trinajstić information content (AvgIpc) is 3.36. The highest BCUT2D eigenvalue weighted by molar-refractivity contribution is 7.20. The highest BCUT2D eigenvalue weighted by Gasteiger charge is 2.19. The van der Waals surface area contributed by atoms with Crippen molar-refractivity contribution in [1.29, 1.82) is 0 Å². The van der Waals surface area contributed by atoms with Gasteiger partial charge in [-0.3, -0.25) is 14.2 Å². The Morgan fingerprint density at radius 2 is 2.03 bits per heavy atom. The Bertz CT molecular complexity index is 1180. The van der Waals surface area contributed by atoms with Gasteiger partial charge in [0.15, 0.2) is 0 Å². The molecule has 0 aliphatic carbocycles. The number of aryl methyl sites for hydroxylation is 2. The lowest BCUT2D eigenvalue weighted by Crippen LogP contribution is -2.25. The summed E-state index contributed by atoms with van der Waals surface area (Å²) in [6, 6.07) is 9.77. The number of carbonyl (C=O) groups excluding carboxylic acids is 1. The number of hydrogen-bond donors (Lipinski definition) is 1. The van der Waals surface area contributed by atoms with Crippen LogP contribution in [0.2, 0.25) is 0 Å². The summed E-state index contributed by atoms with van der Waals surface area (Å²) in [6.45, 7) is 3.61. The highest BCUT2D eigenvalue weighted by Crippen LogP contribution is 2.26. The van der Waals surface area contributed by atoms with Crippen LogP contribution in [0.15, 0.2) is 60.2 Å². The zero-order chi connectivity index (χ0) is 20.2. The van der Waals surface area contributed by atoms with E-state index in [1.807, 2.05) is 48.0 Å². The number of hydrogen-bond acceptors (Lipinski definition) is 5. The Morgan fingerprint density at radius 3 is 2.79 bits per heavy atom. The first kappa shape index (κ1) is 19.1. The molecule has 29 heavy (non-hydrogen) atoms. The summed E-state index contributed by atoms with van der Waals surface area (Å²) in [5.41, 5.74) is 1.60. The first-order chi connectivity index (χ1) is 14.1. The van der Waals surface area contributed by atoms with E-state index in [9.17, 15) is 9.59 Å². The van der Waals surface area contributed by atoms with Crippen molar-refractivity contribution in [3.63, 3.8) is 0 Å². The molecule has 0 atom stereocenters. The number of benzene rings is 1. The minimum absolute atomic E-state index is 0.119. The zero-order valence-electron chi connectivity index (χ0n) is 16.0. The first-order valence-corrected chi connectivity index (χ1v) is 10.2. The van der Waals surface area contributed by atoms with Crippen molar-refractivity contribution in [2.45, 2.75) is 26.4 Å². The second-order valence-electron chi connectivity index (χ2n) is 6.81. The lowest BCUT2D eigenvalue weighted by molar-refractivity contribution is 0.0956. The maximum absolute atomic E-state index is 13.0. The average molecular weight is 407 g/mol. The molecule has 0 saturated heterocycles. The Kier molecular flexibility index (Phi) is 5.53. The third-order valence-electron chi connectivity index (χ3n) is 4.76. The van der Waals surface area contributed by atoms with Gasteiger partial charge in [0, 0.05) is 25.5 Å². The molecular weight excluding hydrogens is 386 g/mol. The molecule has 4 aromatic rings. The molecule has 0 bridgehead atoms. The molecule has 0 fully saturated rings. The molecule has 3 heterocycles. The highest BCUT2D eigenvalue weighted by atomic mass is 32.1. The van der Waals surface area contributed by atoms with Crippen LogP contribution in [0.4, 0.5) is 0 Å². The minimum Gasteiger partial charge on any atom is -0.351 e. The van der Waals surface area contributed by atoms with Crippen LogP contribution in [-0.4, -0.2) is 31.6 Å². The quantitative estimate of drug-likeness (QED) is 0.478. The summed E-state index contributed by atoms with van der Waals surface area (Å²) in [6.07, 6.45) is 7.74. The van der Waals surface area contributed by atoms with Crippen LogP contribution in [0.3, 0.4) is 0 Å². The second kappa shape index (κ2) is 8.40. The molecule has 8 heteroatoms. The van der Waals surface area contributed by atoms with Crippen molar-refractivity contribution in [3.8, 4) is 0 Å². The minimum atomic E-state index is -0.162. The number of nitrogens with one attached hydrogen (secondary N) is 1. The van der Waals surface area contributed by atoms with E-state index in [4.69, 9.17) is 0 Å². The molecule has 0 radical (unpaired) electrons.